The molecule has 0 spiro atoms. The molecular weight excluding hydrogens is 356 g/mol. The maximum atomic E-state index is 12.1. The number of thiazole rings is 1. The van der Waals surface area contributed by atoms with Crippen LogP contribution in [-0.4, -0.2) is 17.5 Å². The van der Waals surface area contributed by atoms with Gasteiger partial charge in [0.15, 0.2) is 11.7 Å². The molecule has 3 aromatic rings. The van der Waals surface area contributed by atoms with Crippen molar-refractivity contribution in [3.05, 3.63) is 64.5 Å². The quantitative estimate of drug-likeness (QED) is 0.597. The Morgan fingerprint density at radius 1 is 1.11 bits per heavy atom. The highest BCUT2D eigenvalue weighted by Gasteiger charge is 2.09. The minimum absolute atomic E-state index is 0.0360. The molecule has 0 unspecified atom stereocenters. The van der Waals surface area contributed by atoms with Crippen LogP contribution in [0.3, 0.4) is 0 Å². The summed E-state index contributed by atoms with van der Waals surface area (Å²) in [5, 5.41) is 5.33. The van der Waals surface area contributed by atoms with Gasteiger partial charge in [0.2, 0.25) is 0 Å². The molecule has 3 rings (SSSR count). The lowest BCUT2D eigenvalue weighted by atomic mass is 10.1. The smallest absolute Gasteiger partial charge is 0.264 e. The summed E-state index contributed by atoms with van der Waals surface area (Å²) in [7, 11) is 0. The summed E-state index contributed by atoms with van der Waals surface area (Å²) in [6.45, 7) is 6.29. The van der Waals surface area contributed by atoms with E-state index in [9.17, 15) is 4.79 Å². The highest BCUT2D eigenvalue weighted by atomic mass is 32.1. The average Bonchev–Trinajstić information content (AvgIpc) is 3.12. The third kappa shape index (κ3) is 5.17. The lowest BCUT2D eigenvalue weighted by molar-refractivity contribution is -0.118. The number of benzene rings is 2. The van der Waals surface area contributed by atoms with E-state index in [-0.39, 0.29) is 12.5 Å². The maximum Gasteiger partial charge on any atom is 0.264 e. The molecule has 1 heterocycles. The predicted octanol–water partition coefficient (Wildman–Crippen LogP) is 5.40. The molecule has 0 saturated carbocycles. The molecule has 0 fully saturated rings. The summed E-state index contributed by atoms with van der Waals surface area (Å²) < 4.78 is 5.56. The van der Waals surface area contributed by atoms with E-state index in [1.165, 1.54) is 28.0 Å². The molecule has 4 nitrogen and oxygen atoms in total. The Morgan fingerprint density at radius 2 is 1.89 bits per heavy atom. The maximum absolute atomic E-state index is 12.1. The number of aromatic nitrogens is 1. The van der Waals surface area contributed by atoms with Gasteiger partial charge in [0.25, 0.3) is 5.91 Å². The van der Waals surface area contributed by atoms with Crippen molar-refractivity contribution in [3.8, 4) is 17.0 Å². The summed E-state index contributed by atoms with van der Waals surface area (Å²) in [5.74, 6) is 0.480. The van der Waals surface area contributed by atoms with Gasteiger partial charge in [-0.3, -0.25) is 10.1 Å². The van der Waals surface area contributed by atoms with Crippen molar-refractivity contribution >= 4 is 22.4 Å². The normalized spacial score (nSPS) is 10.6. The van der Waals surface area contributed by atoms with Gasteiger partial charge in [-0.25, -0.2) is 4.98 Å². The van der Waals surface area contributed by atoms with Gasteiger partial charge in [0.1, 0.15) is 5.75 Å². The van der Waals surface area contributed by atoms with Gasteiger partial charge in [-0.1, -0.05) is 37.6 Å². The van der Waals surface area contributed by atoms with Crippen LogP contribution in [0.5, 0.6) is 5.75 Å². The van der Waals surface area contributed by atoms with E-state index in [2.05, 4.69) is 43.2 Å². The van der Waals surface area contributed by atoms with Gasteiger partial charge in [-0.05, 0) is 55.2 Å². The number of amides is 1. The van der Waals surface area contributed by atoms with Crippen LogP contribution in [0.25, 0.3) is 11.3 Å². The van der Waals surface area contributed by atoms with E-state index in [1.54, 1.807) is 0 Å². The van der Waals surface area contributed by atoms with Gasteiger partial charge in [0.05, 0.1) is 5.69 Å². The zero-order chi connectivity index (χ0) is 19.2. The minimum atomic E-state index is -0.214. The third-order valence-corrected chi connectivity index (χ3v) is 5.14. The number of hydrogen-bond donors (Lipinski definition) is 1. The number of nitrogens with one attached hydrogen (secondary N) is 1. The second-order valence-corrected chi connectivity index (χ2v) is 7.43. The molecule has 5 heteroatoms. The van der Waals surface area contributed by atoms with Crippen LogP contribution in [0.15, 0.2) is 47.8 Å². The molecule has 1 N–H and O–H groups in total. The van der Waals surface area contributed by atoms with Gasteiger partial charge in [-0.2, -0.15) is 0 Å². The molecular formula is C22H24N2O2S. The Balaban J connectivity index is 1.55. The zero-order valence-electron chi connectivity index (χ0n) is 15.9. The highest BCUT2D eigenvalue weighted by Crippen LogP contribution is 2.26. The van der Waals surface area contributed by atoms with Crippen LogP contribution in [0.2, 0.25) is 0 Å². The van der Waals surface area contributed by atoms with E-state index in [1.807, 2.05) is 35.7 Å². The Morgan fingerprint density at radius 3 is 2.59 bits per heavy atom. The van der Waals surface area contributed by atoms with E-state index in [0.717, 1.165) is 24.1 Å². The van der Waals surface area contributed by atoms with E-state index >= 15 is 0 Å². The standard InChI is InChI=1S/C22H24N2O2S/c1-4-5-17-7-10-19(11-8-17)26-13-21(25)24-22-23-20(14-27-22)18-9-6-15(2)16(3)12-18/h6-12,14H,4-5,13H2,1-3H3,(H,23,24,25). The van der Waals surface area contributed by atoms with Crippen molar-refractivity contribution in [1.29, 1.82) is 0 Å². The molecule has 0 aliphatic carbocycles. The first-order chi connectivity index (χ1) is 13.0. The van der Waals surface area contributed by atoms with Crippen molar-refractivity contribution in [1.82, 2.24) is 4.98 Å². The van der Waals surface area contributed by atoms with Gasteiger partial charge in [-0.15, -0.1) is 11.3 Å². The van der Waals surface area contributed by atoms with E-state index < -0.39 is 0 Å². The van der Waals surface area contributed by atoms with Crippen LogP contribution in [0, 0.1) is 13.8 Å². The molecule has 2 aromatic carbocycles. The SMILES string of the molecule is CCCc1ccc(OCC(=O)Nc2nc(-c3ccc(C)c(C)c3)cs2)cc1. The number of nitrogens with zero attached hydrogens (tertiary/aromatic N) is 1. The number of ether oxygens (including phenoxy) is 1. The molecule has 1 amide bonds. The summed E-state index contributed by atoms with van der Waals surface area (Å²) in [4.78, 5) is 16.6. The van der Waals surface area contributed by atoms with Crippen molar-refractivity contribution in [2.45, 2.75) is 33.6 Å². The molecule has 0 saturated heterocycles. The number of aryl methyl sites for hydroxylation is 3. The number of rotatable bonds is 7. The Bertz CT molecular complexity index is 916. The summed E-state index contributed by atoms with van der Waals surface area (Å²) in [6, 6.07) is 14.1. The van der Waals surface area contributed by atoms with E-state index in [0.29, 0.717) is 10.9 Å². The first-order valence-electron chi connectivity index (χ1n) is 9.10. The molecule has 0 radical (unpaired) electrons. The Kier molecular flexibility index (Phi) is 6.24. The predicted molar refractivity (Wildman–Crippen MR) is 112 cm³/mol. The van der Waals surface area contributed by atoms with Crippen molar-refractivity contribution < 1.29 is 9.53 Å². The van der Waals surface area contributed by atoms with Crippen molar-refractivity contribution in [2.24, 2.45) is 0 Å². The lowest BCUT2D eigenvalue weighted by Crippen LogP contribution is -2.20. The number of hydrogen-bond acceptors (Lipinski definition) is 4. The molecule has 1 aromatic heterocycles. The van der Waals surface area contributed by atoms with Crippen LogP contribution in [0.1, 0.15) is 30.0 Å². The largest absolute Gasteiger partial charge is 0.484 e. The van der Waals surface area contributed by atoms with Crippen LogP contribution < -0.4 is 10.1 Å². The van der Waals surface area contributed by atoms with Crippen LogP contribution in [0.4, 0.5) is 5.13 Å². The van der Waals surface area contributed by atoms with Gasteiger partial charge >= 0.3 is 0 Å². The van der Waals surface area contributed by atoms with Gasteiger partial charge in [0, 0.05) is 10.9 Å². The van der Waals surface area contributed by atoms with Gasteiger partial charge < -0.3 is 4.74 Å². The summed E-state index contributed by atoms with van der Waals surface area (Å²) >= 11 is 1.41. The Labute approximate surface area is 164 Å². The molecule has 0 aliphatic rings. The summed E-state index contributed by atoms with van der Waals surface area (Å²) in [6.07, 6.45) is 2.16. The molecule has 0 aliphatic heterocycles. The van der Waals surface area contributed by atoms with Crippen LogP contribution >= 0.6 is 11.3 Å². The number of anilines is 1. The lowest BCUT2D eigenvalue weighted by Gasteiger charge is -2.07. The fraction of sp³-hybridized carbons (Fsp3) is 0.273. The third-order valence-electron chi connectivity index (χ3n) is 4.39. The Hall–Kier alpha value is -2.66. The second-order valence-electron chi connectivity index (χ2n) is 6.57. The fourth-order valence-electron chi connectivity index (χ4n) is 2.71. The number of carbonyl (C=O) groups excluding carboxylic acids is 1. The topological polar surface area (TPSA) is 51.2 Å². The zero-order valence-corrected chi connectivity index (χ0v) is 16.7. The van der Waals surface area contributed by atoms with Crippen molar-refractivity contribution in [3.63, 3.8) is 0 Å². The molecule has 140 valence electrons. The average molecular weight is 381 g/mol. The fourth-order valence-corrected chi connectivity index (χ4v) is 3.45. The first-order valence-corrected chi connectivity index (χ1v) is 9.98. The number of carbonyl (C=O) groups is 1. The minimum Gasteiger partial charge on any atom is -0.484 e. The van der Waals surface area contributed by atoms with Crippen LogP contribution in [-0.2, 0) is 11.2 Å². The highest BCUT2D eigenvalue weighted by molar-refractivity contribution is 7.14. The monoisotopic (exact) mass is 380 g/mol. The second kappa shape index (κ2) is 8.82. The molecule has 27 heavy (non-hydrogen) atoms. The van der Waals surface area contributed by atoms with Crippen molar-refractivity contribution in [2.75, 3.05) is 11.9 Å². The first kappa shape index (κ1) is 19.1. The molecule has 0 atom stereocenters. The summed E-state index contributed by atoms with van der Waals surface area (Å²) in [5.41, 5.74) is 5.67. The molecule has 0 bridgehead atoms. The van der Waals surface area contributed by atoms with E-state index in [4.69, 9.17) is 4.74 Å².